The summed E-state index contributed by atoms with van der Waals surface area (Å²) in [6, 6.07) is 3.35. The largest absolute Gasteiger partial charge is 0.449 e. The second-order valence-electron chi connectivity index (χ2n) is 10.6. The van der Waals surface area contributed by atoms with Crippen LogP contribution in [-0.2, 0) is 0 Å². The number of hydrogen-bond donors (Lipinski definition) is 0. The Kier molecular flexibility index (Phi) is 3.69. The van der Waals surface area contributed by atoms with Gasteiger partial charge >= 0.3 is 0 Å². The molecule has 4 heterocycles. The molecule has 4 aliphatic heterocycles. The smallest absolute Gasteiger partial charge is 0.246 e. The van der Waals surface area contributed by atoms with Gasteiger partial charge in [0.25, 0.3) is 0 Å². The fraction of sp³-hybridized carbons (Fsp3) is 0.480. The minimum atomic E-state index is -0.980. The molecule has 0 atom stereocenters. The molecule has 2 aromatic carbocycles. The number of benzene rings is 2. The lowest BCUT2D eigenvalue weighted by Gasteiger charge is -2.19. The zero-order valence-electron chi connectivity index (χ0n) is 20.3. The number of carbonyl (C=O) groups is 1. The molecule has 9 heteroatoms. The van der Waals surface area contributed by atoms with Gasteiger partial charge in [0.15, 0.2) is 46.0 Å². The van der Waals surface area contributed by atoms with E-state index >= 15 is 0 Å². The Morgan fingerprint density at radius 1 is 0.471 bits per heavy atom. The molecule has 0 spiro atoms. The molecule has 0 unspecified atom stereocenters. The summed E-state index contributed by atoms with van der Waals surface area (Å²) in [6.45, 7) is 14.1. The van der Waals surface area contributed by atoms with Crippen LogP contribution in [0.3, 0.4) is 0 Å². The molecule has 0 saturated carbocycles. The Balaban J connectivity index is 1.60. The minimum absolute atomic E-state index is 0.154. The molecule has 0 saturated heterocycles. The predicted octanol–water partition coefficient (Wildman–Crippen LogP) is 4.95. The second kappa shape index (κ2) is 5.95. The summed E-state index contributed by atoms with van der Waals surface area (Å²) in [5.74, 6) is -1.80. The standard InChI is InChI=1S/C25H26O9/c1-22(2)27-11-9-12-19(32-23(3,4)28-12)15(18(11)31-22)17(26)16-20-13(29-24(5,6)33-20)10-14-21(16)34-25(7,8)30-14/h9-10H,1-8H3. The van der Waals surface area contributed by atoms with Crippen molar-refractivity contribution in [3.05, 3.63) is 23.3 Å². The number of carbonyl (C=O) groups excluding carboxylic acids is 1. The van der Waals surface area contributed by atoms with Crippen LogP contribution in [0.1, 0.15) is 71.3 Å². The topological polar surface area (TPSA) is 90.9 Å². The van der Waals surface area contributed by atoms with Crippen molar-refractivity contribution in [3.8, 4) is 46.0 Å². The molecule has 2 aromatic rings. The van der Waals surface area contributed by atoms with Gasteiger partial charge in [0, 0.05) is 67.5 Å². The molecule has 0 radical (unpaired) electrons. The Morgan fingerprint density at radius 2 is 0.706 bits per heavy atom. The van der Waals surface area contributed by atoms with Crippen LogP contribution >= 0.6 is 0 Å². The first-order valence-electron chi connectivity index (χ1n) is 11.1. The highest BCUT2D eigenvalue weighted by molar-refractivity contribution is 6.17. The summed E-state index contributed by atoms with van der Waals surface area (Å²) in [5, 5.41) is 0. The van der Waals surface area contributed by atoms with Gasteiger partial charge in [-0.3, -0.25) is 4.79 Å². The Hall–Kier alpha value is -3.49. The third kappa shape index (κ3) is 3.02. The van der Waals surface area contributed by atoms with E-state index in [1.807, 2.05) is 0 Å². The molecule has 4 aliphatic rings. The van der Waals surface area contributed by atoms with Crippen molar-refractivity contribution in [2.24, 2.45) is 0 Å². The molecule has 0 bridgehead atoms. The summed E-state index contributed by atoms with van der Waals surface area (Å²) in [7, 11) is 0. The number of rotatable bonds is 2. The highest BCUT2D eigenvalue weighted by atomic mass is 16.8. The van der Waals surface area contributed by atoms with Gasteiger partial charge in [-0.2, -0.15) is 0 Å². The fourth-order valence-electron chi connectivity index (χ4n) is 4.57. The normalized spacial score (nSPS) is 22.1. The van der Waals surface area contributed by atoms with Crippen molar-refractivity contribution in [1.82, 2.24) is 0 Å². The molecule has 0 aliphatic carbocycles. The van der Waals surface area contributed by atoms with Crippen LogP contribution in [0.15, 0.2) is 12.1 Å². The van der Waals surface area contributed by atoms with Gasteiger partial charge < -0.3 is 37.9 Å². The van der Waals surface area contributed by atoms with Gasteiger partial charge in [0.1, 0.15) is 11.1 Å². The van der Waals surface area contributed by atoms with Gasteiger partial charge in [-0.05, 0) is 0 Å². The van der Waals surface area contributed by atoms with Crippen LogP contribution < -0.4 is 37.9 Å². The van der Waals surface area contributed by atoms with Crippen LogP contribution in [0.4, 0.5) is 0 Å². The number of ketones is 1. The maximum absolute atomic E-state index is 14.4. The monoisotopic (exact) mass is 470 g/mol. The highest BCUT2D eigenvalue weighted by Crippen LogP contribution is 2.58. The molecular weight excluding hydrogens is 444 g/mol. The SMILES string of the molecule is CC1(C)Oc2cc3c(c(C(=O)c4c5c(cc6c4OC(C)(C)O6)OC(C)(C)O5)c2O1)OC(C)(C)O3. The summed E-state index contributed by atoms with van der Waals surface area (Å²) in [5.41, 5.74) is 0.307. The zero-order chi connectivity index (χ0) is 24.4. The van der Waals surface area contributed by atoms with E-state index in [1.54, 1.807) is 67.5 Å². The summed E-state index contributed by atoms with van der Waals surface area (Å²) < 4.78 is 48.0. The molecule has 0 N–H and O–H groups in total. The van der Waals surface area contributed by atoms with Crippen LogP contribution in [0.25, 0.3) is 0 Å². The van der Waals surface area contributed by atoms with Crippen LogP contribution in [0.2, 0.25) is 0 Å². The van der Waals surface area contributed by atoms with Gasteiger partial charge in [-0.1, -0.05) is 0 Å². The lowest BCUT2D eigenvalue weighted by atomic mass is 9.98. The first kappa shape index (κ1) is 21.1. The molecule has 0 amide bonds. The van der Waals surface area contributed by atoms with E-state index in [-0.39, 0.29) is 34.1 Å². The van der Waals surface area contributed by atoms with Crippen molar-refractivity contribution in [3.63, 3.8) is 0 Å². The van der Waals surface area contributed by atoms with Crippen molar-refractivity contribution in [2.75, 3.05) is 0 Å². The Morgan fingerprint density at radius 3 is 0.941 bits per heavy atom. The number of fused-ring (bicyclic) bond motifs is 4. The van der Waals surface area contributed by atoms with Gasteiger partial charge in [-0.15, -0.1) is 0 Å². The van der Waals surface area contributed by atoms with E-state index in [0.717, 1.165) is 0 Å². The van der Waals surface area contributed by atoms with E-state index in [2.05, 4.69) is 0 Å². The first-order valence-corrected chi connectivity index (χ1v) is 11.1. The first-order chi connectivity index (χ1) is 15.6. The van der Waals surface area contributed by atoms with Crippen molar-refractivity contribution >= 4 is 5.78 Å². The van der Waals surface area contributed by atoms with E-state index < -0.39 is 28.9 Å². The van der Waals surface area contributed by atoms with Crippen molar-refractivity contribution < 1.29 is 42.7 Å². The highest BCUT2D eigenvalue weighted by Gasteiger charge is 2.48. The fourth-order valence-corrected chi connectivity index (χ4v) is 4.57. The third-order valence-electron chi connectivity index (χ3n) is 5.60. The molecule has 0 fully saturated rings. The summed E-state index contributed by atoms with van der Waals surface area (Å²) in [6.07, 6.45) is 0. The van der Waals surface area contributed by atoms with Crippen molar-refractivity contribution in [1.29, 1.82) is 0 Å². The molecule has 9 nitrogen and oxygen atoms in total. The maximum atomic E-state index is 14.4. The zero-order valence-corrected chi connectivity index (χ0v) is 20.3. The maximum Gasteiger partial charge on any atom is 0.246 e. The number of hydrogen-bond acceptors (Lipinski definition) is 9. The predicted molar refractivity (Wildman–Crippen MR) is 118 cm³/mol. The summed E-state index contributed by atoms with van der Waals surface area (Å²) in [4.78, 5) is 14.4. The minimum Gasteiger partial charge on any atom is -0.449 e. The van der Waals surface area contributed by atoms with Crippen LogP contribution in [0.5, 0.6) is 46.0 Å². The van der Waals surface area contributed by atoms with Crippen molar-refractivity contribution in [2.45, 2.75) is 78.5 Å². The van der Waals surface area contributed by atoms with Gasteiger partial charge in [-0.25, -0.2) is 0 Å². The van der Waals surface area contributed by atoms with E-state index in [9.17, 15) is 4.79 Å². The lowest BCUT2D eigenvalue weighted by molar-refractivity contribution is -0.0490. The molecule has 180 valence electrons. The molecule has 0 aromatic heterocycles. The molecule has 34 heavy (non-hydrogen) atoms. The average Bonchev–Trinajstić information content (AvgIpc) is 3.32. The van der Waals surface area contributed by atoms with Gasteiger partial charge in [0.2, 0.25) is 28.9 Å². The van der Waals surface area contributed by atoms with Crippen LogP contribution in [-0.4, -0.2) is 28.9 Å². The van der Waals surface area contributed by atoms with E-state index in [1.165, 1.54) is 0 Å². The third-order valence-corrected chi connectivity index (χ3v) is 5.60. The van der Waals surface area contributed by atoms with E-state index in [4.69, 9.17) is 37.9 Å². The van der Waals surface area contributed by atoms with Crippen LogP contribution in [0, 0.1) is 0 Å². The quantitative estimate of drug-likeness (QED) is 0.566. The lowest BCUT2D eigenvalue weighted by Crippen LogP contribution is -2.31. The van der Waals surface area contributed by atoms with Gasteiger partial charge in [0.05, 0.1) is 0 Å². The second-order valence-corrected chi connectivity index (χ2v) is 10.6. The number of ether oxygens (including phenoxy) is 8. The van der Waals surface area contributed by atoms with E-state index in [0.29, 0.717) is 23.0 Å². The summed E-state index contributed by atoms with van der Waals surface area (Å²) >= 11 is 0. The molecule has 6 rings (SSSR count). The Bertz CT molecular complexity index is 1100. The average molecular weight is 470 g/mol. The molecular formula is C25H26O9. The Labute approximate surface area is 196 Å².